The summed E-state index contributed by atoms with van der Waals surface area (Å²) in [5, 5.41) is 13.0. The minimum atomic E-state index is -0.394. The number of nitro groups is 1. The first-order valence-electron chi connectivity index (χ1n) is 9.92. The van der Waals surface area contributed by atoms with Crippen molar-refractivity contribution in [2.45, 2.75) is 25.8 Å². The zero-order chi connectivity index (χ0) is 20.9. The molecule has 154 valence electrons. The molecule has 30 heavy (non-hydrogen) atoms. The number of nitro benzene ring substituents is 1. The fraction of sp³-hybridized carbons (Fsp3) is 0.273. The third-order valence-corrected chi connectivity index (χ3v) is 6.00. The van der Waals surface area contributed by atoms with Gasteiger partial charge < -0.3 is 9.47 Å². The van der Waals surface area contributed by atoms with Crippen molar-refractivity contribution in [2.75, 3.05) is 13.1 Å². The van der Waals surface area contributed by atoms with Crippen molar-refractivity contribution in [3.8, 4) is 11.3 Å². The summed E-state index contributed by atoms with van der Waals surface area (Å²) in [5.41, 5.74) is 2.82. The van der Waals surface area contributed by atoms with E-state index in [1.807, 2.05) is 40.6 Å². The van der Waals surface area contributed by atoms with Gasteiger partial charge in [-0.3, -0.25) is 14.9 Å². The molecule has 1 aliphatic heterocycles. The molecule has 3 aromatic rings. The lowest BCUT2D eigenvalue weighted by Crippen LogP contribution is -2.27. The van der Waals surface area contributed by atoms with E-state index >= 15 is 0 Å². The van der Waals surface area contributed by atoms with Crippen LogP contribution in [0.1, 0.15) is 19.3 Å². The van der Waals surface area contributed by atoms with E-state index in [0.29, 0.717) is 13.0 Å². The van der Waals surface area contributed by atoms with E-state index < -0.39 is 4.92 Å². The van der Waals surface area contributed by atoms with Crippen molar-refractivity contribution in [3.05, 3.63) is 74.9 Å². The summed E-state index contributed by atoms with van der Waals surface area (Å²) in [7, 11) is 0. The van der Waals surface area contributed by atoms with Crippen molar-refractivity contribution >= 4 is 28.6 Å². The zero-order valence-electron chi connectivity index (χ0n) is 16.4. The van der Waals surface area contributed by atoms with Gasteiger partial charge in [0, 0.05) is 43.6 Å². The molecule has 8 heteroatoms. The highest BCUT2D eigenvalue weighted by molar-refractivity contribution is 7.07. The Kier molecular flexibility index (Phi) is 6.04. The second-order valence-electron chi connectivity index (χ2n) is 7.14. The molecule has 0 unspecified atom stereocenters. The Morgan fingerprint density at radius 2 is 1.83 bits per heavy atom. The molecule has 0 atom stereocenters. The maximum Gasteiger partial charge on any atom is 0.269 e. The largest absolute Gasteiger partial charge is 0.343 e. The number of rotatable bonds is 7. The number of para-hydroxylation sites is 1. The number of hydrogen-bond donors (Lipinski definition) is 0. The highest BCUT2D eigenvalue weighted by Crippen LogP contribution is 2.24. The molecule has 0 radical (unpaired) electrons. The summed E-state index contributed by atoms with van der Waals surface area (Å²) in [6, 6.07) is 16.4. The molecule has 2 aromatic carbocycles. The number of nitrogens with zero attached hydrogens (tertiary/aromatic N) is 4. The first kappa shape index (κ1) is 20.0. The predicted molar refractivity (Wildman–Crippen MR) is 116 cm³/mol. The van der Waals surface area contributed by atoms with E-state index in [4.69, 9.17) is 4.99 Å². The first-order chi connectivity index (χ1) is 14.6. The summed E-state index contributed by atoms with van der Waals surface area (Å²) in [4.78, 5) is 30.1. The Morgan fingerprint density at radius 3 is 2.50 bits per heavy atom. The average molecular weight is 423 g/mol. The maximum atomic E-state index is 11.9. The van der Waals surface area contributed by atoms with Crippen molar-refractivity contribution in [3.63, 3.8) is 0 Å². The van der Waals surface area contributed by atoms with Gasteiger partial charge in [0.1, 0.15) is 0 Å². The van der Waals surface area contributed by atoms with Crippen molar-refractivity contribution in [1.82, 2.24) is 9.47 Å². The lowest BCUT2D eigenvalue weighted by atomic mass is 10.1. The SMILES string of the molecule is O=C1CCCN1CCCn1c(-c2ccc([N+](=O)[O-])cc2)csc1=Nc1ccccc1. The van der Waals surface area contributed by atoms with Crippen LogP contribution in [0.4, 0.5) is 11.4 Å². The monoisotopic (exact) mass is 422 g/mol. The normalized spacial score (nSPS) is 14.5. The van der Waals surface area contributed by atoms with E-state index in [2.05, 4.69) is 4.57 Å². The van der Waals surface area contributed by atoms with Gasteiger partial charge in [0.15, 0.2) is 4.80 Å². The standard InChI is InChI=1S/C22H22N4O3S/c27-21-8-4-13-24(21)14-5-15-25-20(17-9-11-19(12-10-17)26(28)29)16-30-22(25)23-18-6-2-1-3-7-18/h1-3,6-7,9-12,16H,4-5,8,13-15H2. The van der Waals surface area contributed by atoms with Gasteiger partial charge in [-0.25, -0.2) is 4.99 Å². The van der Waals surface area contributed by atoms with Crippen LogP contribution in [0.5, 0.6) is 0 Å². The number of carbonyl (C=O) groups is 1. The molecule has 0 N–H and O–H groups in total. The van der Waals surface area contributed by atoms with Gasteiger partial charge in [-0.1, -0.05) is 18.2 Å². The molecule has 1 fully saturated rings. The third kappa shape index (κ3) is 4.49. The van der Waals surface area contributed by atoms with Gasteiger partial charge in [0.25, 0.3) is 5.69 Å². The van der Waals surface area contributed by atoms with Crippen LogP contribution >= 0.6 is 11.3 Å². The van der Waals surface area contributed by atoms with Gasteiger partial charge in [0.05, 0.1) is 16.3 Å². The molecule has 7 nitrogen and oxygen atoms in total. The van der Waals surface area contributed by atoms with Gasteiger partial charge in [-0.05, 0) is 42.7 Å². The number of carbonyl (C=O) groups excluding carboxylic acids is 1. The molecule has 1 amide bonds. The van der Waals surface area contributed by atoms with E-state index in [9.17, 15) is 14.9 Å². The maximum absolute atomic E-state index is 11.9. The van der Waals surface area contributed by atoms with Crippen molar-refractivity contribution < 1.29 is 9.72 Å². The minimum Gasteiger partial charge on any atom is -0.343 e. The molecule has 4 rings (SSSR count). The lowest BCUT2D eigenvalue weighted by molar-refractivity contribution is -0.384. The fourth-order valence-corrected chi connectivity index (χ4v) is 4.55. The number of benzene rings is 2. The van der Waals surface area contributed by atoms with Crippen molar-refractivity contribution in [1.29, 1.82) is 0 Å². The molecule has 0 aliphatic carbocycles. The topological polar surface area (TPSA) is 80.7 Å². The van der Waals surface area contributed by atoms with Crippen LogP contribution in [-0.2, 0) is 11.3 Å². The fourth-order valence-electron chi connectivity index (χ4n) is 3.59. The number of likely N-dealkylation sites (tertiary alicyclic amines) is 1. The number of aromatic nitrogens is 1. The van der Waals surface area contributed by atoms with E-state index in [0.717, 1.165) is 47.7 Å². The summed E-state index contributed by atoms with van der Waals surface area (Å²) >= 11 is 1.54. The molecule has 1 saturated heterocycles. The molecular weight excluding hydrogens is 400 g/mol. The first-order valence-corrected chi connectivity index (χ1v) is 10.8. The van der Waals surface area contributed by atoms with Crippen LogP contribution in [0.3, 0.4) is 0 Å². The van der Waals surface area contributed by atoms with E-state index in [1.54, 1.807) is 23.5 Å². The lowest BCUT2D eigenvalue weighted by Gasteiger charge is -2.16. The van der Waals surface area contributed by atoms with Crippen LogP contribution < -0.4 is 4.80 Å². The number of amides is 1. The summed E-state index contributed by atoms with van der Waals surface area (Å²) in [5.74, 6) is 0.232. The summed E-state index contributed by atoms with van der Waals surface area (Å²) in [6.07, 6.45) is 2.41. The van der Waals surface area contributed by atoms with E-state index in [1.165, 1.54) is 12.1 Å². The van der Waals surface area contributed by atoms with Gasteiger partial charge >= 0.3 is 0 Å². The van der Waals surface area contributed by atoms with Crippen LogP contribution in [0.25, 0.3) is 11.3 Å². The van der Waals surface area contributed by atoms with Crippen LogP contribution in [-0.4, -0.2) is 33.4 Å². The highest BCUT2D eigenvalue weighted by Gasteiger charge is 2.19. The Labute approximate surface area is 178 Å². The third-order valence-electron chi connectivity index (χ3n) is 5.13. The molecule has 1 aliphatic rings. The molecular formula is C22H22N4O3S. The van der Waals surface area contributed by atoms with Crippen LogP contribution in [0.2, 0.25) is 0 Å². The smallest absolute Gasteiger partial charge is 0.269 e. The van der Waals surface area contributed by atoms with E-state index in [-0.39, 0.29) is 11.6 Å². The molecule has 0 saturated carbocycles. The predicted octanol–water partition coefficient (Wildman–Crippen LogP) is 4.37. The Bertz CT molecular complexity index is 1100. The van der Waals surface area contributed by atoms with Gasteiger partial charge in [-0.15, -0.1) is 11.3 Å². The molecule has 2 heterocycles. The Morgan fingerprint density at radius 1 is 1.07 bits per heavy atom. The number of hydrogen-bond acceptors (Lipinski definition) is 5. The minimum absolute atomic E-state index is 0.0715. The quantitative estimate of drug-likeness (QED) is 0.419. The number of non-ortho nitro benzene ring substituents is 1. The van der Waals surface area contributed by atoms with Crippen LogP contribution in [0.15, 0.2) is 65.0 Å². The molecule has 1 aromatic heterocycles. The van der Waals surface area contributed by atoms with Crippen molar-refractivity contribution in [2.24, 2.45) is 4.99 Å². The van der Waals surface area contributed by atoms with Gasteiger partial charge in [-0.2, -0.15) is 0 Å². The second-order valence-corrected chi connectivity index (χ2v) is 7.98. The van der Waals surface area contributed by atoms with Gasteiger partial charge in [0.2, 0.25) is 5.91 Å². The molecule has 0 spiro atoms. The average Bonchev–Trinajstić information content (AvgIpc) is 3.35. The second kappa shape index (κ2) is 9.04. The Balaban J connectivity index is 1.64. The molecule has 0 bridgehead atoms. The van der Waals surface area contributed by atoms with Crippen LogP contribution in [0, 0.1) is 10.1 Å². The number of thiazole rings is 1. The highest BCUT2D eigenvalue weighted by atomic mass is 32.1. The zero-order valence-corrected chi connectivity index (χ0v) is 17.3. The Hall–Kier alpha value is -3.26. The summed E-state index contributed by atoms with van der Waals surface area (Å²) in [6.45, 7) is 2.28. The summed E-state index contributed by atoms with van der Waals surface area (Å²) < 4.78 is 2.14.